The third-order valence-corrected chi connectivity index (χ3v) is 4.80. The molecule has 5 nitrogen and oxygen atoms in total. The molecule has 1 saturated heterocycles. The lowest BCUT2D eigenvalue weighted by Crippen LogP contribution is -2.47. The molecule has 0 radical (unpaired) electrons. The molecule has 0 spiro atoms. The Kier molecular flexibility index (Phi) is 6.76. The van der Waals surface area contributed by atoms with E-state index in [1.54, 1.807) is 29.4 Å². The molecular formula is C21H27FN4O. The molecule has 0 bridgehead atoms. The summed E-state index contributed by atoms with van der Waals surface area (Å²) in [6.45, 7) is 6.02. The van der Waals surface area contributed by atoms with Gasteiger partial charge in [0.25, 0.3) is 0 Å². The minimum Gasteiger partial charge on any atom is -0.334 e. The van der Waals surface area contributed by atoms with E-state index in [-0.39, 0.29) is 17.9 Å². The predicted octanol–water partition coefficient (Wildman–Crippen LogP) is 3.42. The minimum absolute atomic E-state index is 0.0729. The number of pyridine rings is 1. The van der Waals surface area contributed by atoms with E-state index in [9.17, 15) is 9.18 Å². The summed E-state index contributed by atoms with van der Waals surface area (Å²) in [4.78, 5) is 21.1. The summed E-state index contributed by atoms with van der Waals surface area (Å²) in [7, 11) is 0. The number of aromatic nitrogens is 1. The number of nitrogens with zero attached hydrogens (tertiary/aromatic N) is 3. The van der Waals surface area contributed by atoms with Gasteiger partial charge in [0.05, 0.1) is 0 Å². The number of urea groups is 1. The molecule has 1 aromatic heterocycles. The van der Waals surface area contributed by atoms with Crippen molar-refractivity contribution in [2.24, 2.45) is 0 Å². The van der Waals surface area contributed by atoms with Crippen molar-refractivity contribution >= 4 is 6.03 Å². The van der Waals surface area contributed by atoms with Gasteiger partial charge in [-0.15, -0.1) is 0 Å². The fourth-order valence-corrected chi connectivity index (χ4v) is 3.42. The number of likely N-dealkylation sites (tertiary alicyclic amines) is 1. The topological polar surface area (TPSA) is 48.5 Å². The Labute approximate surface area is 160 Å². The van der Waals surface area contributed by atoms with Crippen LogP contribution in [-0.4, -0.2) is 46.5 Å². The molecule has 2 heterocycles. The Balaban J connectivity index is 1.65. The van der Waals surface area contributed by atoms with Crippen molar-refractivity contribution in [2.75, 3.05) is 19.6 Å². The van der Waals surface area contributed by atoms with Gasteiger partial charge in [0.2, 0.25) is 0 Å². The maximum absolute atomic E-state index is 13.2. The highest BCUT2D eigenvalue weighted by Gasteiger charge is 2.20. The van der Waals surface area contributed by atoms with Gasteiger partial charge in [-0.3, -0.25) is 4.98 Å². The van der Waals surface area contributed by atoms with Gasteiger partial charge in [-0.2, -0.15) is 0 Å². The van der Waals surface area contributed by atoms with E-state index in [2.05, 4.69) is 15.2 Å². The number of benzene rings is 1. The monoisotopic (exact) mass is 370 g/mol. The van der Waals surface area contributed by atoms with E-state index in [0.29, 0.717) is 13.1 Å². The number of hydrogen-bond donors (Lipinski definition) is 1. The molecule has 2 amide bonds. The van der Waals surface area contributed by atoms with E-state index in [4.69, 9.17) is 0 Å². The maximum Gasteiger partial charge on any atom is 0.318 e. The summed E-state index contributed by atoms with van der Waals surface area (Å²) in [6, 6.07) is 10.1. The van der Waals surface area contributed by atoms with Gasteiger partial charge in [0.1, 0.15) is 5.82 Å². The summed E-state index contributed by atoms with van der Waals surface area (Å²) in [6.07, 6.45) is 5.91. The zero-order valence-electron chi connectivity index (χ0n) is 15.8. The molecule has 0 aliphatic carbocycles. The number of halogens is 1. The molecule has 1 aliphatic heterocycles. The molecule has 1 fully saturated rings. The summed E-state index contributed by atoms with van der Waals surface area (Å²) < 4.78 is 13.2. The maximum atomic E-state index is 13.2. The van der Waals surface area contributed by atoms with Crippen LogP contribution in [0.4, 0.5) is 9.18 Å². The first-order valence-corrected chi connectivity index (χ1v) is 9.51. The van der Waals surface area contributed by atoms with Crippen LogP contribution < -0.4 is 5.32 Å². The highest BCUT2D eigenvalue weighted by Crippen LogP contribution is 2.12. The molecule has 27 heavy (non-hydrogen) atoms. The molecule has 1 aliphatic rings. The Bertz CT molecular complexity index is 717. The Morgan fingerprint density at radius 3 is 2.33 bits per heavy atom. The van der Waals surface area contributed by atoms with E-state index in [1.807, 2.05) is 19.1 Å². The summed E-state index contributed by atoms with van der Waals surface area (Å²) in [5.41, 5.74) is 1.90. The lowest BCUT2D eigenvalue weighted by atomic mass is 10.2. The molecule has 1 atom stereocenters. The molecule has 3 rings (SSSR count). The van der Waals surface area contributed by atoms with Crippen LogP contribution in [0.1, 0.15) is 30.9 Å². The summed E-state index contributed by atoms with van der Waals surface area (Å²) in [5, 5.41) is 3.11. The van der Waals surface area contributed by atoms with Crippen molar-refractivity contribution in [3.63, 3.8) is 0 Å². The molecule has 2 aromatic rings. The summed E-state index contributed by atoms with van der Waals surface area (Å²) in [5.74, 6) is -0.275. The fraction of sp³-hybridized carbons (Fsp3) is 0.429. The number of amides is 2. The van der Waals surface area contributed by atoms with E-state index >= 15 is 0 Å². The molecule has 6 heteroatoms. The minimum atomic E-state index is -0.275. The second-order valence-corrected chi connectivity index (χ2v) is 7.20. The average molecular weight is 370 g/mol. The number of carbonyl (C=O) groups excluding carboxylic acids is 1. The van der Waals surface area contributed by atoms with Crippen LogP contribution in [0.15, 0.2) is 48.8 Å². The van der Waals surface area contributed by atoms with Crippen LogP contribution in [0.5, 0.6) is 0 Å². The summed E-state index contributed by atoms with van der Waals surface area (Å²) >= 11 is 0. The second-order valence-electron chi connectivity index (χ2n) is 7.20. The normalized spacial score (nSPS) is 15.5. The van der Waals surface area contributed by atoms with Crippen LogP contribution >= 0.6 is 0 Å². The van der Waals surface area contributed by atoms with Crippen LogP contribution in [0.3, 0.4) is 0 Å². The van der Waals surface area contributed by atoms with Gasteiger partial charge in [0, 0.05) is 38.1 Å². The van der Waals surface area contributed by atoms with Gasteiger partial charge < -0.3 is 15.1 Å². The zero-order chi connectivity index (χ0) is 19.1. The third kappa shape index (κ3) is 6.03. The Morgan fingerprint density at radius 1 is 1.11 bits per heavy atom. The van der Waals surface area contributed by atoms with Gasteiger partial charge in [-0.05, 0) is 68.2 Å². The number of nitrogens with one attached hydrogen (secondary N) is 1. The van der Waals surface area contributed by atoms with E-state index < -0.39 is 0 Å². The SMILES string of the molecule is C[C@@H](CN1CCCC1)NC(=O)N(Cc1ccncc1)Cc1ccc(F)cc1. The van der Waals surface area contributed by atoms with Crippen molar-refractivity contribution in [3.05, 3.63) is 65.7 Å². The lowest BCUT2D eigenvalue weighted by Gasteiger charge is -2.27. The molecule has 1 aromatic carbocycles. The fourth-order valence-electron chi connectivity index (χ4n) is 3.42. The molecule has 144 valence electrons. The molecule has 0 saturated carbocycles. The van der Waals surface area contributed by atoms with Crippen molar-refractivity contribution in [3.8, 4) is 0 Å². The van der Waals surface area contributed by atoms with Gasteiger partial charge >= 0.3 is 6.03 Å². The van der Waals surface area contributed by atoms with Crippen LogP contribution in [0.25, 0.3) is 0 Å². The lowest BCUT2D eigenvalue weighted by molar-refractivity contribution is 0.184. The first kappa shape index (κ1) is 19.3. The average Bonchev–Trinajstić information content (AvgIpc) is 3.16. The standard InChI is InChI=1S/C21H27FN4O/c1-17(14-25-12-2-3-13-25)24-21(27)26(16-19-8-10-23-11-9-19)15-18-4-6-20(22)7-5-18/h4-11,17H,2-3,12-16H2,1H3,(H,24,27)/t17-/m0/s1. The van der Waals surface area contributed by atoms with Crippen molar-refractivity contribution < 1.29 is 9.18 Å². The van der Waals surface area contributed by atoms with Crippen LogP contribution in [-0.2, 0) is 13.1 Å². The number of rotatable bonds is 7. The van der Waals surface area contributed by atoms with E-state index in [0.717, 1.165) is 30.8 Å². The Morgan fingerprint density at radius 2 is 1.70 bits per heavy atom. The van der Waals surface area contributed by atoms with Gasteiger partial charge in [-0.1, -0.05) is 12.1 Å². The number of carbonyl (C=O) groups is 1. The first-order valence-electron chi connectivity index (χ1n) is 9.51. The first-order chi connectivity index (χ1) is 13.1. The molecule has 0 unspecified atom stereocenters. The quantitative estimate of drug-likeness (QED) is 0.812. The third-order valence-electron chi connectivity index (χ3n) is 4.80. The van der Waals surface area contributed by atoms with Crippen molar-refractivity contribution in [2.45, 2.75) is 38.9 Å². The van der Waals surface area contributed by atoms with Crippen molar-refractivity contribution in [1.82, 2.24) is 20.1 Å². The van der Waals surface area contributed by atoms with Crippen molar-refractivity contribution in [1.29, 1.82) is 0 Å². The molecular weight excluding hydrogens is 343 g/mol. The van der Waals surface area contributed by atoms with Gasteiger partial charge in [0.15, 0.2) is 0 Å². The zero-order valence-corrected chi connectivity index (χ0v) is 15.8. The smallest absolute Gasteiger partial charge is 0.318 e. The highest BCUT2D eigenvalue weighted by molar-refractivity contribution is 5.74. The second kappa shape index (κ2) is 9.46. The predicted molar refractivity (Wildman–Crippen MR) is 104 cm³/mol. The highest BCUT2D eigenvalue weighted by atomic mass is 19.1. The van der Waals surface area contributed by atoms with Crippen LogP contribution in [0.2, 0.25) is 0 Å². The van der Waals surface area contributed by atoms with Crippen LogP contribution in [0, 0.1) is 5.82 Å². The Hall–Kier alpha value is -2.47. The number of hydrogen-bond acceptors (Lipinski definition) is 3. The largest absolute Gasteiger partial charge is 0.334 e. The molecule has 1 N–H and O–H groups in total. The van der Waals surface area contributed by atoms with Gasteiger partial charge in [-0.25, -0.2) is 9.18 Å². The van der Waals surface area contributed by atoms with E-state index in [1.165, 1.54) is 25.0 Å².